The first-order chi connectivity index (χ1) is 19.3. The maximum absolute atomic E-state index is 14.0. The van der Waals surface area contributed by atoms with Gasteiger partial charge in [0.25, 0.3) is 5.91 Å². The average molecular weight is 568 g/mol. The first kappa shape index (κ1) is 26.2. The Morgan fingerprint density at radius 3 is 2.70 bits per heavy atom. The number of rotatable bonds is 0. The molecule has 1 unspecified atom stereocenters. The van der Waals surface area contributed by atoms with Gasteiger partial charge in [-0.2, -0.15) is 23.3 Å². The molecule has 9 nitrogen and oxygen atoms in total. The van der Waals surface area contributed by atoms with Crippen molar-refractivity contribution >= 4 is 37.9 Å². The van der Waals surface area contributed by atoms with Crippen LogP contribution in [0.5, 0.6) is 0 Å². The van der Waals surface area contributed by atoms with Gasteiger partial charge in [-0.25, -0.2) is 4.98 Å². The van der Waals surface area contributed by atoms with Crippen molar-refractivity contribution in [3.05, 3.63) is 77.2 Å². The van der Waals surface area contributed by atoms with Gasteiger partial charge in [-0.1, -0.05) is 18.2 Å². The number of carbonyl (C=O) groups is 1. The Morgan fingerprint density at radius 2 is 1.90 bits per heavy atom. The molecule has 0 spiro atoms. The first-order valence-corrected chi connectivity index (χ1v) is 13.7. The van der Waals surface area contributed by atoms with Crippen molar-refractivity contribution in [1.29, 1.82) is 0 Å². The summed E-state index contributed by atoms with van der Waals surface area (Å²) in [7, 11) is 1.96. The lowest BCUT2D eigenvalue weighted by atomic mass is 9.97. The predicted octanol–water partition coefficient (Wildman–Crippen LogP) is 5.95. The van der Waals surface area contributed by atoms with E-state index in [1.54, 1.807) is 25.4 Å². The third-order valence-corrected chi connectivity index (χ3v) is 7.74. The van der Waals surface area contributed by atoms with Crippen LogP contribution in [0.15, 0.2) is 55.0 Å². The quantitative estimate of drug-likeness (QED) is 0.254. The lowest BCUT2D eigenvalue weighted by Gasteiger charge is -2.17. The van der Waals surface area contributed by atoms with Gasteiger partial charge in [0.2, 0.25) is 5.95 Å². The van der Waals surface area contributed by atoms with E-state index in [0.717, 1.165) is 35.5 Å². The summed E-state index contributed by atoms with van der Waals surface area (Å²) in [6.45, 7) is 1.59. The molecule has 13 heteroatoms. The van der Waals surface area contributed by atoms with Gasteiger partial charge in [0.05, 0.1) is 24.1 Å². The summed E-state index contributed by atoms with van der Waals surface area (Å²) in [5, 5.41) is 10.2. The zero-order valence-corrected chi connectivity index (χ0v) is 22.4. The van der Waals surface area contributed by atoms with Gasteiger partial charge in [0.15, 0.2) is 0 Å². The Hall–Kier alpha value is -4.02. The minimum atomic E-state index is -4.71. The SMILES string of the molecule is CN1Cc2c3ccc(c2C1=O)Nc1nc(ncc1C(F)(F)F)Nc1ccc(cc1)CPOCCCn1cc-3cn1. The highest BCUT2D eigenvalue weighted by Crippen LogP contribution is 2.40. The molecule has 2 aromatic heterocycles. The molecule has 4 aromatic rings. The van der Waals surface area contributed by atoms with Crippen LogP contribution in [-0.4, -0.2) is 44.2 Å². The maximum Gasteiger partial charge on any atom is 0.421 e. The number of anilines is 4. The Labute approximate surface area is 229 Å². The minimum Gasteiger partial charge on any atom is -0.362 e. The number of aryl methyl sites for hydroxylation is 1. The second kappa shape index (κ2) is 10.5. The molecule has 40 heavy (non-hydrogen) atoms. The molecule has 0 aliphatic carbocycles. The van der Waals surface area contributed by atoms with Gasteiger partial charge in [0.1, 0.15) is 11.4 Å². The molecule has 8 bridgehead atoms. The minimum absolute atomic E-state index is 0.0141. The number of alkyl halides is 3. The molecule has 206 valence electrons. The molecule has 0 saturated heterocycles. The van der Waals surface area contributed by atoms with Gasteiger partial charge in [-0.05, 0) is 41.3 Å². The van der Waals surface area contributed by atoms with Crippen molar-refractivity contribution in [2.45, 2.75) is 31.8 Å². The van der Waals surface area contributed by atoms with Gasteiger partial charge >= 0.3 is 6.18 Å². The molecule has 0 saturated carbocycles. The van der Waals surface area contributed by atoms with E-state index in [4.69, 9.17) is 4.52 Å². The number of amides is 1. The van der Waals surface area contributed by atoms with Crippen molar-refractivity contribution in [2.24, 2.45) is 0 Å². The lowest BCUT2D eigenvalue weighted by molar-refractivity contribution is -0.137. The number of benzene rings is 2. The third-order valence-electron chi connectivity index (χ3n) is 6.78. The lowest BCUT2D eigenvalue weighted by Crippen LogP contribution is -2.18. The summed E-state index contributed by atoms with van der Waals surface area (Å²) in [6.07, 6.45) is 1.21. The summed E-state index contributed by atoms with van der Waals surface area (Å²) in [4.78, 5) is 22.8. The van der Waals surface area contributed by atoms with Gasteiger partial charge in [-0.3, -0.25) is 9.48 Å². The summed E-state index contributed by atoms with van der Waals surface area (Å²) in [5.74, 6) is -0.757. The topological polar surface area (TPSA) is 97.2 Å². The molecule has 0 radical (unpaired) electrons. The van der Waals surface area contributed by atoms with E-state index in [-0.39, 0.29) is 17.5 Å². The van der Waals surface area contributed by atoms with E-state index in [1.165, 1.54) is 4.90 Å². The second-order valence-corrected chi connectivity index (χ2v) is 10.5. The van der Waals surface area contributed by atoms with Crippen molar-refractivity contribution in [1.82, 2.24) is 24.6 Å². The molecule has 0 fully saturated rings. The number of halogens is 3. The fourth-order valence-electron chi connectivity index (χ4n) is 4.77. The van der Waals surface area contributed by atoms with Crippen molar-refractivity contribution < 1.29 is 22.5 Å². The van der Waals surface area contributed by atoms with Crippen LogP contribution in [0.1, 0.15) is 33.5 Å². The average Bonchev–Trinajstić information content (AvgIpc) is 3.50. The van der Waals surface area contributed by atoms with E-state index in [9.17, 15) is 18.0 Å². The normalized spacial score (nSPS) is 16.3. The Bertz CT molecular complexity index is 1570. The monoisotopic (exact) mass is 567 g/mol. The third kappa shape index (κ3) is 5.24. The number of hydrogen-bond donors (Lipinski definition) is 2. The first-order valence-electron chi connectivity index (χ1n) is 12.6. The molecule has 1 amide bonds. The molecular formula is C27H25F3N7O2P. The fourth-order valence-corrected chi connectivity index (χ4v) is 5.56. The molecular weight excluding hydrogens is 542 g/mol. The molecule has 5 aliphatic rings. The van der Waals surface area contributed by atoms with E-state index in [2.05, 4.69) is 25.7 Å². The van der Waals surface area contributed by atoms with Crippen LogP contribution in [-0.2, 0) is 30.0 Å². The highest BCUT2D eigenvalue weighted by atomic mass is 31.1. The zero-order chi connectivity index (χ0) is 27.9. The Balaban J connectivity index is 1.45. The van der Waals surface area contributed by atoms with Crippen LogP contribution in [0, 0.1) is 0 Å². The molecule has 5 aliphatic heterocycles. The van der Waals surface area contributed by atoms with Crippen LogP contribution >= 0.6 is 8.81 Å². The number of nitrogens with zero attached hydrogens (tertiary/aromatic N) is 5. The van der Waals surface area contributed by atoms with Crippen LogP contribution in [0.4, 0.5) is 36.3 Å². The summed E-state index contributed by atoms with van der Waals surface area (Å²) in [5.41, 5.74) is 3.54. The van der Waals surface area contributed by atoms with Crippen LogP contribution in [0.2, 0.25) is 0 Å². The Kier molecular flexibility index (Phi) is 6.89. The van der Waals surface area contributed by atoms with Crippen molar-refractivity contribution in [3.63, 3.8) is 0 Å². The number of aromatic nitrogens is 4. The maximum atomic E-state index is 14.0. The summed E-state index contributed by atoms with van der Waals surface area (Å²) >= 11 is 0. The van der Waals surface area contributed by atoms with Gasteiger partial charge < -0.3 is 20.1 Å². The molecule has 1 atom stereocenters. The fraction of sp³-hybridized carbons (Fsp3) is 0.259. The molecule has 2 N–H and O–H groups in total. The predicted molar refractivity (Wildman–Crippen MR) is 146 cm³/mol. The number of hydrogen-bond acceptors (Lipinski definition) is 7. The highest BCUT2D eigenvalue weighted by Gasteiger charge is 2.37. The van der Waals surface area contributed by atoms with E-state index >= 15 is 0 Å². The number of carbonyl (C=O) groups excluding carboxylic acids is 1. The largest absolute Gasteiger partial charge is 0.421 e. The molecule has 9 rings (SSSR count). The van der Waals surface area contributed by atoms with E-state index < -0.39 is 17.6 Å². The van der Waals surface area contributed by atoms with E-state index in [1.807, 2.05) is 35.1 Å². The standard InChI is InChI=1S/C27H25F3N7O2P/c1-36-14-20-19-7-8-22(23(20)25(36)38)34-24-21(27(28,29)30)12-31-26(35-24)33-18-5-3-16(4-6-18)15-40-39-10-2-9-37-13-17(19)11-32-37/h3-8,11-13,40H,2,9-10,14-15H2,1H3,(H2,31,33,34,35). The highest BCUT2D eigenvalue weighted by molar-refractivity contribution is 7.31. The van der Waals surface area contributed by atoms with Crippen LogP contribution < -0.4 is 10.6 Å². The van der Waals surface area contributed by atoms with Gasteiger partial charge in [0, 0.05) is 58.8 Å². The smallest absolute Gasteiger partial charge is 0.362 e. The zero-order valence-electron chi connectivity index (χ0n) is 21.4. The van der Waals surface area contributed by atoms with Gasteiger partial charge in [-0.15, -0.1) is 0 Å². The second-order valence-electron chi connectivity index (χ2n) is 9.59. The number of nitrogens with one attached hydrogen (secondary N) is 2. The Morgan fingerprint density at radius 1 is 1.07 bits per heavy atom. The summed E-state index contributed by atoms with van der Waals surface area (Å²) in [6, 6.07) is 10.9. The van der Waals surface area contributed by atoms with Crippen LogP contribution in [0.25, 0.3) is 11.1 Å². The van der Waals surface area contributed by atoms with Crippen molar-refractivity contribution in [2.75, 3.05) is 24.3 Å². The van der Waals surface area contributed by atoms with Crippen LogP contribution in [0.3, 0.4) is 0 Å². The molecule has 2 aromatic carbocycles. The summed E-state index contributed by atoms with van der Waals surface area (Å²) < 4.78 is 49.5. The van der Waals surface area contributed by atoms with Crippen molar-refractivity contribution in [3.8, 4) is 11.1 Å². The van der Waals surface area contributed by atoms with E-state index in [0.29, 0.717) is 45.3 Å². The molecule has 7 heterocycles.